The van der Waals surface area contributed by atoms with Gasteiger partial charge in [-0.3, -0.25) is 4.79 Å². The summed E-state index contributed by atoms with van der Waals surface area (Å²) in [6, 6.07) is 0. The van der Waals surface area contributed by atoms with E-state index in [0.29, 0.717) is 5.92 Å². The van der Waals surface area contributed by atoms with Crippen molar-refractivity contribution in [1.82, 2.24) is 9.88 Å². The predicted molar refractivity (Wildman–Crippen MR) is 72.1 cm³/mol. The van der Waals surface area contributed by atoms with Gasteiger partial charge in [-0.25, -0.2) is 4.98 Å². The lowest BCUT2D eigenvalue weighted by Crippen LogP contribution is -2.13. The first kappa shape index (κ1) is 13.5. The maximum Gasteiger partial charge on any atom is 0.303 e. The van der Waals surface area contributed by atoms with Crippen LogP contribution in [0, 0.1) is 5.92 Å². The van der Waals surface area contributed by atoms with Crippen LogP contribution in [0.5, 0.6) is 0 Å². The lowest BCUT2D eigenvalue weighted by Gasteiger charge is -2.07. The smallest absolute Gasteiger partial charge is 0.303 e. The molecule has 1 aromatic heterocycles. The number of likely N-dealkylation sites (N-methyl/N-ethyl adjacent to an activating group) is 1. The van der Waals surface area contributed by atoms with Gasteiger partial charge < -0.3 is 10.0 Å². The van der Waals surface area contributed by atoms with Gasteiger partial charge in [-0.05, 0) is 25.9 Å². The minimum Gasteiger partial charge on any atom is -0.481 e. The topological polar surface area (TPSA) is 53.4 Å². The van der Waals surface area contributed by atoms with Crippen LogP contribution in [0.1, 0.15) is 36.4 Å². The van der Waals surface area contributed by atoms with Crippen molar-refractivity contribution in [3.63, 3.8) is 0 Å². The Balaban J connectivity index is 1.91. The molecule has 1 aliphatic rings. The average molecular weight is 268 g/mol. The molecule has 1 N–H and O–H groups in total. The Morgan fingerprint density at radius 3 is 3.11 bits per heavy atom. The molecule has 2 atom stereocenters. The number of aromatic nitrogens is 1. The molecule has 1 saturated heterocycles. The molecular weight excluding hydrogens is 248 g/mol. The Bertz CT molecular complexity index is 419. The van der Waals surface area contributed by atoms with Gasteiger partial charge in [0.05, 0.1) is 10.7 Å². The van der Waals surface area contributed by atoms with Crippen molar-refractivity contribution in [2.24, 2.45) is 5.92 Å². The van der Waals surface area contributed by atoms with E-state index >= 15 is 0 Å². The maximum absolute atomic E-state index is 10.6. The van der Waals surface area contributed by atoms with Crippen molar-refractivity contribution in [1.29, 1.82) is 0 Å². The van der Waals surface area contributed by atoms with Crippen LogP contribution >= 0.6 is 11.3 Å². The largest absolute Gasteiger partial charge is 0.481 e. The number of aliphatic carboxylic acids is 1. The fourth-order valence-electron chi connectivity index (χ4n) is 2.45. The molecule has 0 aliphatic carbocycles. The third-order valence-electron chi connectivity index (χ3n) is 3.43. The van der Waals surface area contributed by atoms with Gasteiger partial charge in [0.2, 0.25) is 0 Å². The van der Waals surface area contributed by atoms with E-state index in [1.54, 1.807) is 11.3 Å². The number of thiazole rings is 1. The first-order valence-electron chi connectivity index (χ1n) is 6.39. The standard InChI is InChI=1S/C13H20N2O2S/c1-9(6-13(16)17)5-12-14-11(8-18-12)10-3-4-15(2)7-10/h8-10H,3-7H2,1-2H3,(H,16,17). The van der Waals surface area contributed by atoms with Gasteiger partial charge in [0.15, 0.2) is 0 Å². The molecule has 5 heteroatoms. The molecular formula is C13H20N2O2S. The van der Waals surface area contributed by atoms with E-state index in [0.717, 1.165) is 24.5 Å². The number of nitrogens with zero attached hydrogens (tertiary/aromatic N) is 2. The monoisotopic (exact) mass is 268 g/mol. The van der Waals surface area contributed by atoms with Gasteiger partial charge >= 0.3 is 5.97 Å². The molecule has 4 nitrogen and oxygen atoms in total. The predicted octanol–water partition coefficient (Wildman–Crippen LogP) is 2.22. The number of carboxylic acid groups (broad SMARTS) is 1. The maximum atomic E-state index is 10.6. The Hall–Kier alpha value is -0.940. The number of rotatable bonds is 5. The second-order valence-corrected chi connectivity index (χ2v) is 6.26. The number of carboxylic acids is 1. The summed E-state index contributed by atoms with van der Waals surface area (Å²) in [5.74, 6) is -0.000714. The first-order valence-corrected chi connectivity index (χ1v) is 7.27. The molecule has 1 fully saturated rings. The van der Waals surface area contributed by atoms with Crippen LogP contribution in [0.25, 0.3) is 0 Å². The summed E-state index contributed by atoms with van der Waals surface area (Å²) in [6.07, 6.45) is 2.19. The van der Waals surface area contributed by atoms with Crippen LogP contribution in [0.4, 0.5) is 0 Å². The van der Waals surface area contributed by atoms with Crippen LogP contribution < -0.4 is 0 Å². The fourth-order valence-corrected chi connectivity index (χ4v) is 3.49. The van der Waals surface area contributed by atoms with Crippen LogP contribution in [0.15, 0.2) is 5.38 Å². The molecule has 2 heterocycles. The summed E-state index contributed by atoms with van der Waals surface area (Å²) in [6.45, 7) is 4.21. The average Bonchev–Trinajstić information content (AvgIpc) is 2.85. The van der Waals surface area contributed by atoms with Gasteiger partial charge in [-0.15, -0.1) is 11.3 Å². The molecule has 0 spiro atoms. The van der Waals surface area contributed by atoms with Crippen molar-refractivity contribution in [3.05, 3.63) is 16.1 Å². The van der Waals surface area contributed by atoms with E-state index in [2.05, 4.69) is 22.3 Å². The number of hydrogen-bond donors (Lipinski definition) is 1. The molecule has 1 aromatic rings. The third-order valence-corrected chi connectivity index (χ3v) is 4.31. The Labute approximate surface area is 112 Å². The number of hydrogen-bond acceptors (Lipinski definition) is 4. The van der Waals surface area contributed by atoms with Crippen molar-refractivity contribution in [2.75, 3.05) is 20.1 Å². The van der Waals surface area contributed by atoms with E-state index in [-0.39, 0.29) is 12.3 Å². The summed E-state index contributed by atoms with van der Waals surface area (Å²) in [7, 11) is 2.14. The third kappa shape index (κ3) is 3.53. The van der Waals surface area contributed by atoms with Gasteiger partial charge in [0.1, 0.15) is 0 Å². The van der Waals surface area contributed by atoms with Crippen molar-refractivity contribution >= 4 is 17.3 Å². The zero-order valence-electron chi connectivity index (χ0n) is 10.9. The molecule has 2 rings (SSSR count). The summed E-state index contributed by atoms with van der Waals surface area (Å²) < 4.78 is 0. The lowest BCUT2D eigenvalue weighted by molar-refractivity contribution is -0.137. The normalized spacial score (nSPS) is 22.2. The molecule has 0 bridgehead atoms. The van der Waals surface area contributed by atoms with E-state index in [1.165, 1.54) is 12.1 Å². The van der Waals surface area contributed by atoms with Crippen molar-refractivity contribution < 1.29 is 9.90 Å². The van der Waals surface area contributed by atoms with Crippen molar-refractivity contribution in [3.8, 4) is 0 Å². The molecule has 2 unspecified atom stereocenters. The molecule has 0 aromatic carbocycles. The van der Waals surface area contributed by atoms with E-state index in [9.17, 15) is 4.79 Å². The summed E-state index contributed by atoms with van der Waals surface area (Å²) in [5.41, 5.74) is 1.20. The van der Waals surface area contributed by atoms with Gasteiger partial charge in [-0.1, -0.05) is 6.92 Å². The van der Waals surface area contributed by atoms with Crippen molar-refractivity contribution in [2.45, 2.75) is 32.1 Å². The van der Waals surface area contributed by atoms with Gasteiger partial charge in [0, 0.05) is 30.7 Å². The Morgan fingerprint density at radius 1 is 1.72 bits per heavy atom. The highest BCUT2D eigenvalue weighted by Crippen LogP contribution is 2.28. The lowest BCUT2D eigenvalue weighted by atomic mass is 10.0. The highest BCUT2D eigenvalue weighted by atomic mass is 32.1. The summed E-state index contributed by atoms with van der Waals surface area (Å²) in [5, 5.41) is 12.0. The minimum atomic E-state index is -0.725. The van der Waals surface area contributed by atoms with E-state index in [4.69, 9.17) is 5.11 Å². The summed E-state index contributed by atoms with van der Waals surface area (Å²) >= 11 is 1.67. The zero-order valence-corrected chi connectivity index (χ0v) is 11.7. The highest BCUT2D eigenvalue weighted by Gasteiger charge is 2.23. The van der Waals surface area contributed by atoms with Crippen LogP contribution in [0.2, 0.25) is 0 Å². The molecule has 0 radical (unpaired) electrons. The second-order valence-electron chi connectivity index (χ2n) is 5.32. The number of likely N-dealkylation sites (tertiary alicyclic amines) is 1. The molecule has 0 amide bonds. The first-order chi connectivity index (χ1) is 8.54. The van der Waals surface area contributed by atoms with Crippen LogP contribution in [0.3, 0.4) is 0 Å². The highest BCUT2D eigenvalue weighted by molar-refractivity contribution is 7.09. The molecule has 100 valence electrons. The molecule has 1 aliphatic heterocycles. The van der Waals surface area contributed by atoms with Gasteiger partial charge in [0.25, 0.3) is 0 Å². The van der Waals surface area contributed by atoms with Crippen LogP contribution in [-0.4, -0.2) is 41.1 Å². The molecule has 18 heavy (non-hydrogen) atoms. The Kier molecular flexibility index (Phi) is 4.35. The Morgan fingerprint density at radius 2 is 2.50 bits per heavy atom. The number of carbonyl (C=O) groups is 1. The van der Waals surface area contributed by atoms with E-state index in [1.807, 2.05) is 6.92 Å². The SMILES string of the molecule is CC(CC(=O)O)Cc1nc(C2CCN(C)C2)cs1. The quantitative estimate of drug-likeness (QED) is 0.889. The van der Waals surface area contributed by atoms with E-state index < -0.39 is 5.97 Å². The fraction of sp³-hybridized carbons (Fsp3) is 0.692. The zero-order chi connectivity index (χ0) is 13.1. The van der Waals surface area contributed by atoms with Crippen LogP contribution in [-0.2, 0) is 11.2 Å². The minimum absolute atomic E-state index is 0.160. The second kappa shape index (κ2) is 5.80. The molecule has 0 saturated carbocycles. The summed E-state index contributed by atoms with van der Waals surface area (Å²) in [4.78, 5) is 17.6. The van der Waals surface area contributed by atoms with Gasteiger partial charge in [-0.2, -0.15) is 0 Å².